The zero-order valence-electron chi connectivity index (χ0n) is 12.6. The lowest BCUT2D eigenvalue weighted by molar-refractivity contribution is -0.149. The molecule has 1 fully saturated rings. The summed E-state index contributed by atoms with van der Waals surface area (Å²) >= 11 is 0. The number of carboxylic acid groups (broad SMARTS) is 1. The second-order valence-corrected chi connectivity index (χ2v) is 5.26. The fourth-order valence-electron chi connectivity index (χ4n) is 2.32. The molecule has 21 heavy (non-hydrogen) atoms. The molecule has 0 spiro atoms. The van der Waals surface area contributed by atoms with Crippen LogP contribution >= 0.6 is 0 Å². The van der Waals surface area contributed by atoms with Gasteiger partial charge in [0, 0.05) is 33.0 Å². The number of hydrogen-bond donors (Lipinski definition) is 2. The van der Waals surface area contributed by atoms with Gasteiger partial charge in [-0.05, 0) is 26.2 Å². The largest absolute Gasteiger partial charge is 0.480 e. The zero-order chi connectivity index (χ0) is 15.8. The summed E-state index contributed by atoms with van der Waals surface area (Å²) < 4.78 is 5.46. The molecule has 2 amide bonds. The first kappa shape index (κ1) is 17.4. The summed E-state index contributed by atoms with van der Waals surface area (Å²) in [6, 6.07) is -0.907. The number of carbonyl (C=O) groups is 3. The standard InChI is InChI=1S/C14H24N2O5/c1-10(14(19)20)16(8-7-15-11(2)17)13(18)6-5-12-4-3-9-21-12/h10,12H,3-9H2,1-2H3,(H,15,17)(H,19,20). The third-order valence-electron chi connectivity index (χ3n) is 3.58. The van der Waals surface area contributed by atoms with Crippen LogP contribution in [0.3, 0.4) is 0 Å². The van der Waals surface area contributed by atoms with Crippen LogP contribution in [0.4, 0.5) is 0 Å². The van der Waals surface area contributed by atoms with Crippen LogP contribution in [0.1, 0.15) is 39.5 Å². The highest BCUT2D eigenvalue weighted by atomic mass is 16.5. The third-order valence-corrected chi connectivity index (χ3v) is 3.58. The summed E-state index contributed by atoms with van der Waals surface area (Å²) in [5.41, 5.74) is 0. The van der Waals surface area contributed by atoms with E-state index in [2.05, 4.69) is 5.32 Å². The van der Waals surface area contributed by atoms with Crippen LogP contribution in [-0.4, -0.2) is 59.6 Å². The number of ether oxygens (including phenoxy) is 1. The van der Waals surface area contributed by atoms with Crippen molar-refractivity contribution in [2.75, 3.05) is 19.7 Å². The minimum Gasteiger partial charge on any atom is -0.480 e. The quantitative estimate of drug-likeness (QED) is 0.676. The Morgan fingerprint density at radius 2 is 2.14 bits per heavy atom. The second kappa shape index (κ2) is 8.61. The number of hydrogen-bond acceptors (Lipinski definition) is 4. The molecule has 2 unspecified atom stereocenters. The van der Waals surface area contributed by atoms with Crippen molar-refractivity contribution < 1.29 is 24.2 Å². The summed E-state index contributed by atoms with van der Waals surface area (Å²) in [6.07, 6.45) is 2.94. The molecule has 120 valence electrons. The second-order valence-electron chi connectivity index (χ2n) is 5.26. The molecule has 0 aliphatic carbocycles. The summed E-state index contributed by atoms with van der Waals surface area (Å²) in [6.45, 7) is 4.02. The monoisotopic (exact) mass is 300 g/mol. The Labute approximate surface area is 124 Å². The molecule has 1 rings (SSSR count). The van der Waals surface area contributed by atoms with Crippen molar-refractivity contribution in [3.63, 3.8) is 0 Å². The molecule has 0 radical (unpaired) electrons. The van der Waals surface area contributed by atoms with Gasteiger partial charge >= 0.3 is 5.97 Å². The molecule has 7 nitrogen and oxygen atoms in total. The number of amides is 2. The molecule has 2 N–H and O–H groups in total. The first-order chi connectivity index (χ1) is 9.91. The van der Waals surface area contributed by atoms with Gasteiger partial charge in [0.15, 0.2) is 0 Å². The van der Waals surface area contributed by atoms with Crippen LogP contribution in [0.2, 0.25) is 0 Å². The van der Waals surface area contributed by atoms with Crippen LogP contribution in [0.5, 0.6) is 0 Å². The molecule has 1 aliphatic heterocycles. The number of nitrogens with zero attached hydrogens (tertiary/aromatic N) is 1. The molecule has 0 aromatic carbocycles. The Kier molecular flexibility index (Phi) is 7.14. The van der Waals surface area contributed by atoms with Gasteiger partial charge in [-0.2, -0.15) is 0 Å². The van der Waals surface area contributed by atoms with E-state index in [1.54, 1.807) is 0 Å². The van der Waals surface area contributed by atoms with Crippen LogP contribution in [0, 0.1) is 0 Å². The van der Waals surface area contributed by atoms with Gasteiger partial charge in [0.05, 0.1) is 6.10 Å². The summed E-state index contributed by atoms with van der Waals surface area (Å²) in [4.78, 5) is 35.5. The topological polar surface area (TPSA) is 95.9 Å². The summed E-state index contributed by atoms with van der Waals surface area (Å²) in [7, 11) is 0. The Morgan fingerprint density at radius 1 is 1.43 bits per heavy atom. The van der Waals surface area contributed by atoms with Crippen LogP contribution < -0.4 is 5.32 Å². The molecule has 1 aliphatic rings. The van der Waals surface area contributed by atoms with Gasteiger partial charge in [-0.1, -0.05) is 0 Å². The molecule has 0 aromatic rings. The predicted octanol–water partition coefficient (Wildman–Crippen LogP) is 0.383. The normalized spacial score (nSPS) is 19.0. The van der Waals surface area contributed by atoms with Gasteiger partial charge in [-0.3, -0.25) is 9.59 Å². The molecule has 0 aromatic heterocycles. The van der Waals surface area contributed by atoms with Crippen molar-refractivity contribution in [3.05, 3.63) is 0 Å². The highest BCUT2D eigenvalue weighted by molar-refractivity contribution is 5.83. The lowest BCUT2D eigenvalue weighted by Crippen LogP contribution is -2.46. The maximum Gasteiger partial charge on any atom is 0.326 e. The van der Waals surface area contributed by atoms with Crippen molar-refractivity contribution in [1.29, 1.82) is 0 Å². The number of carboxylic acids is 1. The first-order valence-electron chi connectivity index (χ1n) is 7.30. The van der Waals surface area contributed by atoms with Crippen molar-refractivity contribution >= 4 is 17.8 Å². The van der Waals surface area contributed by atoms with E-state index in [0.29, 0.717) is 6.42 Å². The van der Waals surface area contributed by atoms with Crippen LogP contribution in [0.15, 0.2) is 0 Å². The van der Waals surface area contributed by atoms with E-state index in [0.717, 1.165) is 19.4 Å². The lowest BCUT2D eigenvalue weighted by atomic mass is 10.1. The average molecular weight is 300 g/mol. The highest BCUT2D eigenvalue weighted by Gasteiger charge is 2.26. The highest BCUT2D eigenvalue weighted by Crippen LogP contribution is 2.17. The Bertz CT molecular complexity index is 380. The van der Waals surface area contributed by atoms with E-state index in [-0.39, 0.29) is 37.4 Å². The van der Waals surface area contributed by atoms with E-state index in [1.165, 1.54) is 18.7 Å². The average Bonchev–Trinajstić information content (AvgIpc) is 2.93. The lowest BCUT2D eigenvalue weighted by Gasteiger charge is -2.27. The predicted molar refractivity (Wildman–Crippen MR) is 75.7 cm³/mol. The number of aliphatic carboxylic acids is 1. The SMILES string of the molecule is CC(=O)NCCN(C(=O)CCC1CCCO1)C(C)C(=O)O. The van der Waals surface area contributed by atoms with Gasteiger partial charge in [0.1, 0.15) is 6.04 Å². The van der Waals surface area contributed by atoms with E-state index in [9.17, 15) is 14.4 Å². The van der Waals surface area contributed by atoms with E-state index in [1.807, 2.05) is 0 Å². The van der Waals surface area contributed by atoms with Gasteiger partial charge < -0.3 is 20.1 Å². The smallest absolute Gasteiger partial charge is 0.326 e. The van der Waals surface area contributed by atoms with Gasteiger partial charge in [-0.25, -0.2) is 4.79 Å². The van der Waals surface area contributed by atoms with Gasteiger partial charge in [-0.15, -0.1) is 0 Å². The molecule has 0 saturated carbocycles. The minimum absolute atomic E-state index is 0.103. The van der Waals surface area contributed by atoms with Crippen molar-refractivity contribution in [2.45, 2.75) is 51.7 Å². The zero-order valence-corrected chi connectivity index (χ0v) is 12.6. The van der Waals surface area contributed by atoms with E-state index in [4.69, 9.17) is 9.84 Å². The molecule has 1 saturated heterocycles. The molecule has 2 atom stereocenters. The number of nitrogens with one attached hydrogen (secondary N) is 1. The summed E-state index contributed by atoms with van der Waals surface area (Å²) in [5.74, 6) is -1.47. The molecule has 1 heterocycles. The summed E-state index contributed by atoms with van der Waals surface area (Å²) in [5, 5.41) is 11.7. The Balaban J connectivity index is 2.49. The third kappa shape index (κ3) is 6.12. The number of rotatable bonds is 8. The molecule has 7 heteroatoms. The van der Waals surface area contributed by atoms with Gasteiger partial charge in [0.2, 0.25) is 11.8 Å². The minimum atomic E-state index is -1.05. The van der Waals surface area contributed by atoms with E-state index >= 15 is 0 Å². The fourth-order valence-corrected chi connectivity index (χ4v) is 2.32. The van der Waals surface area contributed by atoms with Crippen LogP contribution in [-0.2, 0) is 19.1 Å². The maximum absolute atomic E-state index is 12.2. The number of carbonyl (C=O) groups excluding carboxylic acids is 2. The Morgan fingerprint density at radius 3 is 2.67 bits per heavy atom. The fraction of sp³-hybridized carbons (Fsp3) is 0.786. The van der Waals surface area contributed by atoms with Crippen molar-refractivity contribution in [2.24, 2.45) is 0 Å². The molecule has 0 bridgehead atoms. The molecular weight excluding hydrogens is 276 g/mol. The van der Waals surface area contributed by atoms with Gasteiger partial charge in [0.25, 0.3) is 0 Å². The van der Waals surface area contributed by atoms with E-state index < -0.39 is 12.0 Å². The Hall–Kier alpha value is -1.63. The molecular formula is C14H24N2O5. The maximum atomic E-state index is 12.2. The van der Waals surface area contributed by atoms with Crippen molar-refractivity contribution in [1.82, 2.24) is 10.2 Å². The first-order valence-corrected chi connectivity index (χ1v) is 7.30. The van der Waals surface area contributed by atoms with Crippen molar-refractivity contribution in [3.8, 4) is 0 Å². The van der Waals surface area contributed by atoms with Crippen LogP contribution in [0.25, 0.3) is 0 Å².